The van der Waals surface area contributed by atoms with Crippen LogP contribution in [0.3, 0.4) is 0 Å². The second kappa shape index (κ2) is 4.35. The van der Waals surface area contributed by atoms with Crippen molar-refractivity contribution in [3.05, 3.63) is 28.8 Å². The zero-order chi connectivity index (χ0) is 10.6. The minimum Gasteiger partial charge on any atom is -0.399 e. The molecule has 0 aliphatic rings. The van der Waals surface area contributed by atoms with E-state index in [1.807, 2.05) is 32.0 Å². The Morgan fingerprint density at radius 3 is 2.64 bits per heavy atom. The summed E-state index contributed by atoms with van der Waals surface area (Å²) in [6.07, 6.45) is 0.267. The average Bonchev–Trinajstić information content (AvgIpc) is 2.14. The summed E-state index contributed by atoms with van der Waals surface area (Å²) in [5.74, 6) is 5.74. The summed E-state index contributed by atoms with van der Waals surface area (Å²) >= 11 is 0. The highest BCUT2D eigenvalue weighted by atomic mass is 14.6. The van der Waals surface area contributed by atoms with E-state index in [1.165, 1.54) is 0 Å². The summed E-state index contributed by atoms with van der Waals surface area (Å²) in [7, 11) is 0. The molecule has 1 aromatic carbocycles. The summed E-state index contributed by atoms with van der Waals surface area (Å²) in [6.45, 7) is 3.91. The van der Waals surface area contributed by atoms with Gasteiger partial charge in [-0.3, -0.25) is 0 Å². The average molecular weight is 184 g/mol. The van der Waals surface area contributed by atoms with Gasteiger partial charge in [0.05, 0.1) is 12.5 Å². The number of benzene rings is 1. The summed E-state index contributed by atoms with van der Waals surface area (Å²) < 4.78 is 0. The van der Waals surface area contributed by atoms with Crippen LogP contribution in [0.15, 0.2) is 12.1 Å². The maximum absolute atomic E-state index is 8.34. The third-order valence-electron chi connectivity index (χ3n) is 2.00. The van der Waals surface area contributed by atoms with Gasteiger partial charge in [0.2, 0.25) is 0 Å². The predicted molar refractivity (Wildman–Crippen MR) is 57.4 cm³/mol. The van der Waals surface area contributed by atoms with Crippen LogP contribution in [0, 0.1) is 37.0 Å². The van der Waals surface area contributed by atoms with Crippen LogP contribution in [0.2, 0.25) is 0 Å². The van der Waals surface area contributed by atoms with Crippen LogP contribution < -0.4 is 5.73 Å². The van der Waals surface area contributed by atoms with E-state index >= 15 is 0 Å². The highest BCUT2D eigenvalue weighted by Gasteiger charge is 1.98. The molecular formula is C12H12N2. The number of hydrogen-bond acceptors (Lipinski definition) is 2. The highest BCUT2D eigenvalue weighted by Crippen LogP contribution is 2.16. The van der Waals surface area contributed by atoms with E-state index in [0.717, 1.165) is 22.4 Å². The first kappa shape index (κ1) is 10.2. The molecule has 14 heavy (non-hydrogen) atoms. The summed E-state index contributed by atoms with van der Waals surface area (Å²) in [5.41, 5.74) is 9.56. The fraction of sp³-hybridized carbons (Fsp3) is 0.250. The first-order chi connectivity index (χ1) is 6.65. The molecule has 1 rings (SSSR count). The number of hydrogen-bond donors (Lipinski definition) is 1. The van der Waals surface area contributed by atoms with Gasteiger partial charge in [0.1, 0.15) is 0 Å². The van der Waals surface area contributed by atoms with Crippen molar-refractivity contribution < 1.29 is 0 Å². The van der Waals surface area contributed by atoms with Crippen molar-refractivity contribution in [2.75, 3.05) is 5.73 Å². The molecule has 0 atom stereocenters. The standard InChI is InChI=1S/C12H12N2/c1-9-8-12(14)10(2)7-11(9)5-3-4-6-13/h7-8H,4,14H2,1-2H3. The van der Waals surface area contributed by atoms with Crippen molar-refractivity contribution in [1.82, 2.24) is 0 Å². The van der Waals surface area contributed by atoms with Gasteiger partial charge in [-0.25, -0.2) is 0 Å². The first-order valence-electron chi connectivity index (χ1n) is 4.37. The van der Waals surface area contributed by atoms with E-state index in [9.17, 15) is 0 Å². The van der Waals surface area contributed by atoms with Crippen molar-refractivity contribution in [3.8, 4) is 17.9 Å². The third kappa shape index (κ3) is 2.28. The van der Waals surface area contributed by atoms with Gasteiger partial charge in [-0.15, -0.1) is 0 Å². The van der Waals surface area contributed by atoms with Crippen LogP contribution in [0.4, 0.5) is 5.69 Å². The highest BCUT2D eigenvalue weighted by molar-refractivity contribution is 5.55. The number of nitrogen functional groups attached to an aromatic ring is 1. The largest absolute Gasteiger partial charge is 0.399 e. The quantitative estimate of drug-likeness (QED) is 0.496. The molecule has 0 amide bonds. The van der Waals surface area contributed by atoms with Gasteiger partial charge in [-0.05, 0) is 37.1 Å². The zero-order valence-corrected chi connectivity index (χ0v) is 8.39. The van der Waals surface area contributed by atoms with Gasteiger partial charge in [0.15, 0.2) is 0 Å². The monoisotopic (exact) mass is 184 g/mol. The molecule has 2 N–H and O–H groups in total. The van der Waals surface area contributed by atoms with Crippen molar-refractivity contribution in [2.24, 2.45) is 0 Å². The minimum absolute atomic E-state index is 0.267. The number of anilines is 1. The number of nitrogens with zero attached hydrogens (tertiary/aromatic N) is 1. The van der Waals surface area contributed by atoms with E-state index in [1.54, 1.807) is 0 Å². The van der Waals surface area contributed by atoms with E-state index in [2.05, 4.69) is 11.8 Å². The molecule has 0 aliphatic carbocycles. The molecule has 0 spiro atoms. The van der Waals surface area contributed by atoms with Crippen LogP contribution in [0.1, 0.15) is 23.1 Å². The van der Waals surface area contributed by atoms with Crippen molar-refractivity contribution in [2.45, 2.75) is 20.3 Å². The minimum atomic E-state index is 0.267. The number of nitrogens with two attached hydrogens (primary N) is 1. The fourth-order valence-electron chi connectivity index (χ4n) is 1.15. The Hall–Kier alpha value is -1.93. The number of nitriles is 1. The molecule has 0 fully saturated rings. The van der Waals surface area contributed by atoms with Crippen molar-refractivity contribution >= 4 is 5.69 Å². The second-order valence-corrected chi connectivity index (χ2v) is 3.16. The molecule has 0 aromatic heterocycles. The first-order valence-corrected chi connectivity index (χ1v) is 4.37. The van der Waals surface area contributed by atoms with Crippen molar-refractivity contribution in [3.63, 3.8) is 0 Å². The van der Waals surface area contributed by atoms with Crippen LogP contribution in [-0.2, 0) is 0 Å². The van der Waals surface area contributed by atoms with E-state index in [4.69, 9.17) is 11.0 Å². The molecule has 0 radical (unpaired) electrons. The lowest BCUT2D eigenvalue weighted by atomic mass is 10.0. The Labute approximate surface area is 84.4 Å². The Morgan fingerprint density at radius 2 is 2.00 bits per heavy atom. The molecule has 70 valence electrons. The maximum Gasteiger partial charge on any atom is 0.0966 e. The lowest BCUT2D eigenvalue weighted by molar-refractivity contribution is 1.36. The summed E-state index contributed by atoms with van der Waals surface area (Å²) in [5, 5.41) is 8.34. The Kier molecular flexibility index (Phi) is 3.15. The zero-order valence-electron chi connectivity index (χ0n) is 8.39. The summed E-state index contributed by atoms with van der Waals surface area (Å²) in [6, 6.07) is 5.85. The molecule has 2 heteroatoms. The van der Waals surface area contributed by atoms with E-state index in [0.29, 0.717) is 0 Å². The Balaban J connectivity index is 3.07. The maximum atomic E-state index is 8.34. The Bertz CT molecular complexity index is 442. The normalized spacial score (nSPS) is 8.64. The number of rotatable bonds is 0. The van der Waals surface area contributed by atoms with Gasteiger partial charge in [0, 0.05) is 11.3 Å². The van der Waals surface area contributed by atoms with E-state index < -0.39 is 0 Å². The predicted octanol–water partition coefficient (Wildman–Crippen LogP) is 2.15. The fourth-order valence-corrected chi connectivity index (χ4v) is 1.15. The van der Waals surface area contributed by atoms with Crippen LogP contribution in [0.25, 0.3) is 0 Å². The lowest BCUT2D eigenvalue weighted by Crippen LogP contribution is -1.92. The molecule has 0 unspecified atom stereocenters. The van der Waals surface area contributed by atoms with E-state index in [-0.39, 0.29) is 6.42 Å². The molecule has 0 saturated carbocycles. The van der Waals surface area contributed by atoms with Gasteiger partial charge >= 0.3 is 0 Å². The topological polar surface area (TPSA) is 49.8 Å². The number of aryl methyl sites for hydroxylation is 2. The lowest BCUT2D eigenvalue weighted by Gasteiger charge is -2.03. The van der Waals surface area contributed by atoms with Gasteiger partial charge in [-0.1, -0.05) is 11.8 Å². The molecule has 0 bridgehead atoms. The van der Waals surface area contributed by atoms with Crippen LogP contribution in [0.5, 0.6) is 0 Å². The second-order valence-electron chi connectivity index (χ2n) is 3.16. The molecule has 0 heterocycles. The third-order valence-corrected chi connectivity index (χ3v) is 2.00. The molecular weight excluding hydrogens is 172 g/mol. The van der Waals surface area contributed by atoms with Gasteiger partial charge in [-0.2, -0.15) is 5.26 Å². The van der Waals surface area contributed by atoms with Gasteiger partial charge in [0.25, 0.3) is 0 Å². The molecule has 2 nitrogen and oxygen atoms in total. The smallest absolute Gasteiger partial charge is 0.0966 e. The van der Waals surface area contributed by atoms with Crippen molar-refractivity contribution in [1.29, 1.82) is 5.26 Å². The summed E-state index contributed by atoms with van der Waals surface area (Å²) in [4.78, 5) is 0. The molecule has 0 saturated heterocycles. The molecule has 0 aliphatic heterocycles. The van der Waals surface area contributed by atoms with Gasteiger partial charge < -0.3 is 5.73 Å². The van der Waals surface area contributed by atoms with Crippen LogP contribution >= 0.6 is 0 Å². The Morgan fingerprint density at radius 1 is 1.29 bits per heavy atom. The molecule has 1 aromatic rings. The van der Waals surface area contributed by atoms with Crippen LogP contribution in [-0.4, -0.2) is 0 Å². The SMILES string of the molecule is Cc1cc(C#CCC#N)c(C)cc1N.